The lowest BCUT2D eigenvalue weighted by molar-refractivity contribution is 0.403. The van der Waals surface area contributed by atoms with Crippen molar-refractivity contribution in [2.24, 2.45) is 0 Å². The van der Waals surface area contributed by atoms with Crippen molar-refractivity contribution in [2.75, 3.05) is 13.4 Å². The summed E-state index contributed by atoms with van der Waals surface area (Å²) in [6.45, 7) is 4.00. The van der Waals surface area contributed by atoms with Crippen LogP contribution in [0.2, 0.25) is 0 Å². The summed E-state index contributed by atoms with van der Waals surface area (Å²) in [5.41, 5.74) is 0. The highest BCUT2D eigenvalue weighted by atomic mass is 32.2. The Hall–Kier alpha value is -0.440. The Kier molecular flexibility index (Phi) is 125. The van der Waals surface area contributed by atoms with E-state index in [0.717, 1.165) is 13.4 Å². The van der Waals surface area contributed by atoms with Crippen molar-refractivity contribution in [3.8, 4) is 0 Å². The maximum absolute atomic E-state index is 9.78. The monoisotopic (exact) mass is 240 g/mol. The molecule has 0 aromatic carbocycles. The number of rotatable bonds is 1. The van der Waals surface area contributed by atoms with E-state index < -0.39 is 10.1 Å². The second-order valence-electron chi connectivity index (χ2n) is 0.871. The van der Waals surface area contributed by atoms with E-state index in [9.17, 15) is 8.42 Å². The van der Waals surface area contributed by atoms with Crippen LogP contribution in [0.4, 0.5) is 23.5 Å². The molecule has 0 saturated carbocycles. The van der Waals surface area contributed by atoms with Gasteiger partial charge < -0.3 is 0 Å². The van der Waals surface area contributed by atoms with E-state index in [1.54, 1.807) is 0 Å². The van der Waals surface area contributed by atoms with Gasteiger partial charge in [-0.3, -0.25) is 27.7 Å². The summed E-state index contributed by atoms with van der Waals surface area (Å²) in [7, 11) is -2.04. The summed E-state index contributed by atoms with van der Waals surface area (Å²) < 4.78 is 23.5. The lowest BCUT2D eigenvalue weighted by Crippen LogP contribution is -1.95. The summed E-state index contributed by atoms with van der Waals surface area (Å²) in [4.78, 5) is 0. The largest absolute Gasteiger partial charge is 0.274 e. The van der Waals surface area contributed by atoms with Crippen LogP contribution in [-0.2, 0) is 14.3 Å². The van der Waals surface area contributed by atoms with E-state index in [2.05, 4.69) is 4.18 Å². The van der Waals surface area contributed by atoms with Crippen molar-refractivity contribution in [2.45, 2.75) is 13.8 Å². The van der Waals surface area contributed by atoms with Crippen molar-refractivity contribution in [1.82, 2.24) is 0 Å². The van der Waals surface area contributed by atoms with Gasteiger partial charge in [0.1, 0.15) is 0 Å². The third-order valence-corrected chi connectivity index (χ3v) is 0.908. The van der Waals surface area contributed by atoms with Crippen LogP contribution in [-0.4, -0.2) is 21.8 Å². The molecule has 0 spiro atoms. The molecule has 0 atom stereocenters. The van der Waals surface area contributed by atoms with E-state index in [-0.39, 0.29) is 23.5 Å². The maximum atomic E-state index is 9.78. The van der Waals surface area contributed by atoms with Gasteiger partial charge in [-0.1, -0.05) is 13.8 Å². The third kappa shape index (κ3) is 161. The second-order valence-corrected chi connectivity index (χ2v) is 2.61. The summed E-state index contributed by atoms with van der Waals surface area (Å²) in [6.07, 6.45) is 0.993. The number of hydrogen-bond acceptors (Lipinski definition) is 3. The van der Waals surface area contributed by atoms with E-state index in [1.165, 1.54) is 0 Å². The van der Waals surface area contributed by atoms with Crippen molar-refractivity contribution in [1.29, 1.82) is 0 Å². The molecule has 0 heterocycles. The molecule has 0 bridgehead atoms. The van der Waals surface area contributed by atoms with E-state index >= 15 is 0 Å². The molecule has 13 heavy (non-hydrogen) atoms. The first-order chi connectivity index (χ1) is 3.56. The first-order valence-electron chi connectivity index (χ1n) is 2.32. The van der Waals surface area contributed by atoms with Crippen LogP contribution in [0.15, 0.2) is 0 Å². The molecular formula is C4H17F5O3S. The Morgan fingerprint density at radius 2 is 0.923 bits per heavy atom. The predicted molar refractivity (Wildman–Crippen MR) is 45.7 cm³/mol. The Labute approximate surface area is 74.4 Å². The molecule has 0 aliphatic rings. The van der Waals surface area contributed by atoms with E-state index in [1.807, 2.05) is 13.8 Å². The minimum atomic E-state index is -3.16. The van der Waals surface area contributed by atoms with Crippen LogP contribution in [0.3, 0.4) is 0 Å². The normalized spacial score (nSPS) is 5.85. The zero-order valence-electron chi connectivity index (χ0n) is 7.67. The van der Waals surface area contributed by atoms with E-state index in [4.69, 9.17) is 0 Å². The fraction of sp³-hybridized carbons (Fsp3) is 1.00. The van der Waals surface area contributed by atoms with Gasteiger partial charge in [-0.25, -0.2) is 0 Å². The molecular weight excluding hydrogens is 223 g/mol. The molecule has 0 unspecified atom stereocenters. The Morgan fingerprint density at radius 1 is 0.846 bits per heavy atom. The fourth-order valence-corrected chi connectivity index (χ4v) is 0. The van der Waals surface area contributed by atoms with Gasteiger partial charge in [0.15, 0.2) is 0 Å². The molecule has 0 N–H and O–H groups in total. The zero-order valence-corrected chi connectivity index (χ0v) is 8.49. The average molecular weight is 240 g/mol. The summed E-state index contributed by atoms with van der Waals surface area (Å²) in [5.74, 6) is 0. The smallest absolute Gasteiger partial charge is 0.264 e. The Bertz CT molecular complexity index is 126. The minimum absolute atomic E-state index is 0. The predicted octanol–water partition coefficient (Wildman–Crippen LogP) is 1.38. The number of hydrogen-bond donors (Lipinski definition) is 0. The van der Waals surface area contributed by atoms with Crippen LogP contribution in [0.25, 0.3) is 0 Å². The second kappa shape index (κ2) is 30.0. The van der Waals surface area contributed by atoms with Crippen LogP contribution in [0.1, 0.15) is 13.8 Å². The average Bonchev–Trinajstić information content (AvgIpc) is 1.71. The first kappa shape index (κ1) is 54.3. The van der Waals surface area contributed by atoms with Gasteiger partial charge in [0, 0.05) is 0 Å². The van der Waals surface area contributed by atoms with Gasteiger partial charge in [0.2, 0.25) is 0 Å². The van der Waals surface area contributed by atoms with Gasteiger partial charge in [-0.05, 0) is 0 Å². The maximum Gasteiger partial charge on any atom is 0.264 e. The highest BCUT2D eigenvalue weighted by Crippen LogP contribution is 1.75. The summed E-state index contributed by atoms with van der Waals surface area (Å²) >= 11 is 0. The SMILES string of the molecule is CC.COS(C)(=O)=O.F.F.F.F.F. The van der Waals surface area contributed by atoms with Crippen molar-refractivity contribution >= 4 is 10.1 Å². The molecule has 0 saturated heterocycles. The third-order valence-electron chi connectivity index (χ3n) is 0.303. The molecule has 0 aliphatic carbocycles. The summed E-state index contributed by atoms with van der Waals surface area (Å²) in [5, 5.41) is 0. The lowest BCUT2D eigenvalue weighted by Gasteiger charge is -1.84. The zero-order chi connectivity index (χ0) is 7.21. The summed E-state index contributed by atoms with van der Waals surface area (Å²) in [6, 6.07) is 0. The van der Waals surface area contributed by atoms with Crippen LogP contribution in [0, 0.1) is 0 Å². The minimum Gasteiger partial charge on any atom is -0.274 e. The molecule has 0 aromatic rings. The van der Waals surface area contributed by atoms with Crippen molar-refractivity contribution in [3.63, 3.8) is 0 Å². The molecule has 0 aromatic heterocycles. The number of halogens is 5. The van der Waals surface area contributed by atoms with Crippen LogP contribution < -0.4 is 0 Å². The van der Waals surface area contributed by atoms with Gasteiger partial charge in [-0.2, -0.15) is 8.42 Å². The van der Waals surface area contributed by atoms with Crippen molar-refractivity contribution in [3.05, 3.63) is 0 Å². The molecule has 0 radical (unpaired) electrons. The molecule has 0 fully saturated rings. The molecule has 9 heteroatoms. The van der Waals surface area contributed by atoms with Gasteiger partial charge in [0.05, 0.1) is 13.4 Å². The Morgan fingerprint density at radius 3 is 0.923 bits per heavy atom. The first-order valence-corrected chi connectivity index (χ1v) is 4.13. The van der Waals surface area contributed by atoms with Gasteiger partial charge in [0.25, 0.3) is 10.1 Å². The molecule has 0 aliphatic heterocycles. The van der Waals surface area contributed by atoms with Gasteiger partial charge in [-0.15, -0.1) is 0 Å². The molecule has 0 rings (SSSR count). The Balaban J connectivity index is -0.00000000966. The molecule has 3 nitrogen and oxygen atoms in total. The van der Waals surface area contributed by atoms with Crippen molar-refractivity contribution < 1.29 is 36.1 Å². The van der Waals surface area contributed by atoms with Crippen LogP contribution >= 0.6 is 0 Å². The molecule has 92 valence electrons. The van der Waals surface area contributed by atoms with Gasteiger partial charge >= 0.3 is 0 Å². The topological polar surface area (TPSA) is 43.4 Å². The standard InChI is InChI=1S/C2H6O3S.C2H6.5FH/c1-5-6(2,3)4;1-2;;;;;/h1-2H3;1-2H3;5*1H. The quantitative estimate of drug-likeness (QED) is 0.513. The highest BCUT2D eigenvalue weighted by Gasteiger charge is 1.90. The molecule has 0 amide bonds. The van der Waals surface area contributed by atoms with E-state index in [0.29, 0.717) is 0 Å². The highest BCUT2D eigenvalue weighted by molar-refractivity contribution is 7.85. The van der Waals surface area contributed by atoms with Crippen LogP contribution in [0.5, 0.6) is 0 Å². The fourth-order valence-electron chi connectivity index (χ4n) is 0. The lowest BCUT2D eigenvalue weighted by atomic mass is 11.0.